The van der Waals surface area contributed by atoms with E-state index in [0.717, 1.165) is 38.5 Å². The van der Waals surface area contributed by atoms with E-state index < -0.39 is 0 Å². The summed E-state index contributed by atoms with van der Waals surface area (Å²) in [6.45, 7) is 1.28. The van der Waals surface area contributed by atoms with Crippen LogP contribution in [0.2, 0.25) is 5.15 Å². The van der Waals surface area contributed by atoms with Gasteiger partial charge >= 0.3 is 6.09 Å². The Balaban J connectivity index is 1.49. The molecule has 1 aromatic rings. The predicted molar refractivity (Wildman–Crippen MR) is 104 cm³/mol. The van der Waals surface area contributed by atoms with Crippen LogP contribution in [0.4, 0.5) is 10.7 Å². The van der Waals surface area contributed by atoms with Gasteiger partial charge in [0.2, 0.25) is 11.8 Å². The summed E-state index contributed by atoms with van der Waals surface area (Å²) in [4.78, 5) is 25.2. The number of piperidine rings is 2. The summed E-state index contributed by atoms with van der Waals surface area (Å²) in [6, 6.07) is 2.26. The van der Waals surface area contributed by atoms with Crippen molar-refractivity contribution >= 4 is 23.6 Å². The molecule has 2 bridgehead atoms. The minimum absolute atomic E-state index is 0.00627. The number of anilines is 1. The van der Waals surface area contributed by atoms with Gasteiger partial charge in [0.25, 0.3) is 0 Å². The van der Waals surface area contributed by atoms with E-state index in [1.54, 1.807) is 6.07 Å². The quantitative estimate of drug-likeness (QED) is 0.706. The molecule has 4 rings (SSSR count). The highest BCUT2D eigenvalue weighted by molar-refractivity contribution is 6.29. The van der Waals surface area contributed by atoms with Crippen molar-refractivity contribution in [2.45, 2.75) is 62.8 Å². The number of hydrogen-bond acceptors (Lipinski definition) is 7. The maximum absolute atomic E-state index is 12.2. The van der Waals surface area contributed by atoms with Gasteiger partial charge in [-0.25, -0.2) is 9.78 Å². The van der Waals surface area contributed by atoms with E-state index in [2.05, 4.69) is 14.9 Å². The molecule has 3 fully saturated rings. The van der Waals surface area contributed by atoms with Gasteiger partial charge in [-0.1, -0.05) is 11.6 Å². The molecule has 0 aliphatic carbocycles. The molecular weight excluding hydrogens is 384 g/mol. The van der Waals surface area contributed by atoms with Crippen molar-refractivity contribution in [2.75, 3.05) is 32.3 Å². The summed E-state index contributed by atoms with van der Waals surface area (Å²) in [7, 11) is 3.44. The maximum Gasteiger partial charge on any atom is 0.409 e. The normalized spacial score (nSPS) is 29.5. The Morgan fingerprint density at radius 3 is 2.68 bits per heavy atom. The molecule has 4 atom stereocenters. The van der Waals surface area contributed by atoms with Gasteiger partial charge in [0.1, 0.15) is 11.3 Å². The first-order valence-corrected chi connectivity index (χ1v) is 10.3. The highest BCUT2D eigenvalue weighted by Crippen LogP contribution is 2.37. The van der Waals surface area contributed by atoms with Crippen molar-refractivity contribution in [3.05, 3.63) is 11.2 Å². The number of hydrogen-bond donors (Lipinski definition) is 0. The molecule has 0 saturated carbocycles. The predicted octanol–water partition coefficient (Wildman–Crippen LogP) is 2.89. The fraction of sp³-hybridized carbons (Fsp3) is 0.737. The largest absolute Gasteiger partial charge is 0.472 e. The Labute approximate surface area is 170 Å². The van der Waals surface area contributed by atoms with E-state index in [1.807, 2.05) is 11.9 Å². The lowest BCUT2D eigenvalue weighted by Gasteiger charge is -2.49. The Hall–Kier alpha value is -1.80. The second kappa shape index (κ2) is 8.29. The molecular formula is C19H27ClN4O4. The van der Waals surface area contributed by atoms with Crippen LogP contribution >= 0.6 is 11.6 Å². The zero-order valence-electron chi connectivity index (χ0n) is 16.3. The molecule has 9 heteroatoms. The molecule has 0 aromatic carbocycles. The van der Waals surface area contributed by atoms with Crippen LogP contribution in [0, 0.1) is 0 Å². The summed E-state index contributed by atoms with van der Waals surface area (Å²) < 4.78 is 16.3. The molecule has 3 saturated heterocycles. The standard InChI is InChI=1S/C19H27ClN4O4/c1-23(14-8-12-4-3-5-13(9-14)24(12)19(25)26-2)18-21-16(20)10-17(22-18)28-15-6-7-27-11-15/h10,12-15H,3-9,11H2,1-2H3/t12-,13+,14-,15-/m1/s1. The summed E-state index contributed by atoms with van der Waals surface area (Å²) >= 11 is 6.24. The van der Waals surface area contributed by atoms with Crippen molar-refractivity contribution in [2.24, 2.45) is 0 Å². The Bertz CT molecular complexity index is 701. The van der Waals surface area contributed by atoms with Crippen LogP contribution in [0.25, 0.3) is 0 Å². The number of carbonyl (C=O) groups excluding carboxylic acids is 1. The fourth-order valence-corrected chi connectivity index (χ4v) is 4.78. The molecule has 4 heterocycles. The molecule has 0 unspecified atom stereocenters. The van der Waals surface area contributed by atoms with Gasteiger partial charge < -0.3 is 24.0 Å². The molecule has 0 N–H and O–H groups in total. The SMILES string of the molecule is COC(=O)N1[C@@H]2CCC[C@H]1C[C@H](N(C)c1nc(Cl)cc(O[C@@H]3CCOC3)n1)C2. The number of methoxy groups -OCH3 is 1. The smallest absolute Gasteiger partial charge is 0.409 e. The lowest BCUT2D eigenvalue weighted by Crippen LogP contribution is -2.58. The number of amides is 1. The van der Waals surface area contributed by atoms with Crippen molar-refractivity contribution in [3.63, 3.8) is 0 Å². The van der Waals surface area contributed by atoms with Gasteiger partial charge in [-0.3, -0.25) is 0 Å². The molecule has 1 amide bonds. The van der Waals surface area contributed by atoms with E-state index in [4.69, 9.17) is 25.8 Å². The first kappa shape index (κ1) is 19.5. The van der Waals surface area contributed by atoms with Crippen molar-refractivity contribution < 1.29 is 19.0 Å². The van der Waals surface area contributed by atoms with Crippen molar-refractivity contribution in [1.29, 1.82) is 0 Å². The van der Waals surface area contributed by atoms with Crippen molar-refractivity contribution in [1.82, 2.24) is 14.9 Å². The molecule has 3 aliphatic rings. The minimum Gasteiger partial charge on any atom is -0.472 e. The average molecular weight is 411 g/mol. The summed E-state index contributed by atoms with van der Waals surface area (Å²) in [6.07, 6.45) is 5.52. The number of halogens is 1. The zero-order chi connectivity index (χ0) is 19.7. The number of nitrogens with zero attached hydrogens (tertiary/aromatic N) is 4. The summed E-state index contributed by atoms with van der Waals surface area (Å²) in [5.41, 5.74) is 0. The van der Waals surface area contributed by atoms with Crippen LogP contribution in [0.15, 0.2) is 6.07 Å². The molecule has 8 nitrogen and oxygen atoms in total. The van der Waals surface area contributed by atoms with E-state index in [-0.39, 0.29) is 30.3 Å². The third-order valence-electron chi connectivity index (χ3n) is 6.03. The maximum atomic E-state index is 12.2. The fourth-order valence-electron chi connectivity index (χ4n) is 4.62. The monoisotopic (exact) mass is 410 g/mol. The van der Waals surface area contributed by atoms with E-state index in [9.17, 15) is 4.79 Å². The van der Waals surface area contributed by atoms with E-state index in [1.165, 1.54) is 7.11 Å². The van der Waals surface area contributed by atoms with E-state index in [0.29, 0.717) is 30.2 Å². The van der Waals surface area contributed by atoms with Crippen LogP contribution < -0.4 is 9.64 Å². The van der Waals surface area contributed by atoms with Gasteiger partial charge in [0, 0.05) is 37.7 Å². The topological polar surface area (TPSA) is 77.0 Å². The number of aromatic nitrogens is 2. The third kappa shape index (κ3) is 3.98. The number of ether oxygens (including phenoxy) is 3. The molecule has 3 aliphatic heterocycles. The van der Waals surface area contributed by atoms with Crippen LogP contribution in [0.3, 0.4) is 0 Å². The first-order valence-electron chi connectivity index (χ1n) is 9.93. The van der Waals surface area contributed by atoms with Gasteiger partial charge in [-0.05, 0) is 32.1 Å². The van der Waals surface area contributed by atoms with Crippen LogP contribution in [-0.2, 0) is 9.47 Å². The van der Waals surface area contributed by atoms with Crippen LogP contribution in [-0.4, -0.2) is 72.6 Å². The van der Waals surface area contributed by atoms with Gasteiger partial charge in [0.05, 0.1) is 20.3 Å². The minimum atomic E-state index is -0.218. The third-order valence-corrected chi connectivity index (χ3v) is 6.23. The molecule has 1 aromatic heterocycles. The molecule has 28 heavy (non-hydrogen) atoms. The zero-order valence-corrected chi connectivity index (χ0v) is 17.1. The van der Waals surface area contributed by atoms with Crippen molar-refractivity contribution in [3.8, 4) is 5.88 Å². The summed E-state index contributed by atoms with van der Waals surface area (Å²) in [5, 5.41) is 0.359. The Morgan fingerprint density at radius 1 is 1.29 bits per heavy atom. The average Bonchev–Trinajstić information content (AvgIpc) is 3.18. The lowest BCUT2D eigenvalue weighted by molar-refractivity contribution is 0.0260. The molecule has 154 valence electrons. The summed E-state index contributed by atoms with van der Waals surface area (Å²) in [5.74, 6) is 1.03. The second-order valence-electron chi connectivity index (χ2n) is 7.78. The van der Waals surface area contributed by atoms with Gasteiger partial charge in [0.15, 0.2) is 0 Å². The van der Waals surface area contributed by atoms with Crippen LogP contribution in [0.5, 0.6) is 5.88 Å². The van der Waals surface area contributed by atoms with Crippen LogP contribution in [0.1, 0.15) is 38.5 Å². The lowest BCUT2D eigenvalue weighted by atomic mass is 9.81. The number of carbonyl (C=O) groups is 1. The number of rotatable bonds is 4. The first-order chi connectivity index (χ1) is 13.5. The Kier molecular flexibility index (Phi) is 5.78. The molecule has 0 radical (unpaired) electrons. The Morgan fingerprint density at radius 2 is 2.04 bits per heavy atom. The second-order valence-corrected chi connectivity index (χ2v) is 8.17. The van der Waals surface area contributed by atoms with Gasteiger partial charge in [-0.15, -0.1) is 0 Å². The highest BCUT2D eigenvalue weighted by atomic mass is 35.5. The highest BCUT2D eigenvalue weighted by Gasteiger charge is 2.43. The van der Waals surface area contributed by atoms with Gasteiger partial charge in [-0.2, -0.15) is 4.98 Å². The van der Waals surface area contributed by atoms with E-state index >= 15 is 0 Å². The number of fused-ring (bicyclic) bond motifs is 2. The molecule has 0 spiro atoms.